The van der Waals surface area contributed by atoms with Crippen LogP contribution in [0.25, 0.3) is 0 Å². The number of rotatable bonds is 6. The topological polar surface area (TPSA) is 41.1 Å². The molecule has 4 rings (SSSR count). The van der Waals surface area contributed by atoms with Gasteiger partial charge in [-0.25, -0.2) is 0 Å². The molecule has 124 valence electrons. The van der Waals surface area contributed by atoms with Gasteiger partial charge in [0.15, 0.2) is 0 Å². The lowest BCUT2D eigenvalue weighted by molar-refractivity contribution is 0.102. The molecular weight excluding hydrogens is 296 g/mol. The Morgan fingerprint density at radius 1 is 1.04 bits per heavy atom. The van der Waals surface area contributed by atoms with Gasteiger partial charge in [-0.2, -0.15) is 0 Å². The molecule has 1 amide bonds. The molecule has 0 heterocycles. The molecule has 0 radical (unpaired) electrons. The normalized spacial score (nSPS) is 22.2. The molecule has 2 fully saturated rings. The lowest BCUT2D eigenvalue weighted by atomic mass is 10.1. The maximum Gasteiger partial charge on any atom is 0.255 e. The predicted octanol–water partition coefficient (Wildman–Crippen LogP) is 4.10. The number of aryl methyl sites for hydroxylation is 1. The van der Waals surface area contributed by atoms with Gasteiger partial charge in [-0.05, 0) is 68.5 Å². The molecule has 0 unspecified atom stereocenters. The van der Waals surface area contributed by atoms with Crippen LogP contribution in [0.3, 0.4) is 0 Å². The van der Waals surface area contributed by atoms with Crippen molar-refractivity contribution in [3.05, 3.63) is 65.2 Å². The van der Waals surface area contributed by atoms with E-state index in [9.17, 15) is 4.79 Å². The summed E-state index contributed by atoms with van der Waals surface area (Å²) in [6.45, 7) is 3.21. The number of nitrogens with one attached hydrogen (secondary N) is 2. The van der Waals surface area contributed by atoms with E-state index < -0.39 is 0 Å². The first-order valence-corrected chi connectivity index (χ1v) is 8.90. The zero-order chi connectivity index (χ0) is 16.5. The van der Waals surface area contributed by atoms with Gasteiger partial charge in [-0.15, -0.1) is 0 Å². The van der Waals surface area contributed by atoms with Crippen LogP contribution >= 0.6 is 0 Å². The van der Waals surface area contributed by atoms with Crippen molar-refractivity contribution in [2.24, 2.45) is 5.92 Å². The van der Waals surface area contributed by atoms with Crippen LogP contribution in [0.2, 0.25) is 0 Å². The quantitative estimate of drug-likeness (QED) is 0.841. The molecule has 2 aliphatic rings. The Hall–Kier alpha value is -2.13. The molecule has 2 N–H and O–H groups in total. The fourth-order valence-electron chi connectivity index (χ4n) is 3.15. The van der Waals surface area contributed by atoms with Gasteiger partial charge >= 0.3 is 0 Å². The highest BCUT2D eigenvalue weighted by Crippen LogP contribution is 2.41. The monoisotopic (exact) mass is 320 g/mol. The van der Waals surface area contributed by atoms with E-state index in [1.165, 1.54) is 31.4 Å². The minimum Gasteiger partial charge on any atom is -0.322 e. The van der Waals surface area contributed by atoms with Crippen LogP contribution in [0.1, 0.15) is 46.7 Å². The van der Waals surface area contributed by atoms with E-state index in [1.54, 1.807) is 0 Å². The Labute approximate surface area is 143 Å². The van der Waals surface area contributed by atoms with E-state index in [2.05, 4.69) is 22.8 Å². The second kappa shape index (κ2) is 6.40. The highest BCUT2D eigenvalue weighted by atomic mass is 16.1. The molecule has 0 bridgehead atoms. The maximum atomic E-state index is 12.2. The van der Waals surface area contributed by atoms with Crippen molar-refractivity contribution in [1.29, 1.82) is 0 Å². The summed E-state index contributed by atoms with van der Waals surface area (Å²) in [7, 11) is 0. The first kappa shape index (κ1) is 15.4. The van der Waals surface area contributed by atoms with Crippen molar-refractivity contribution in [3.63, 3.8) is 0 Å². The molecule has 24 heavy (non-hydrogen) atoms. The summed E-state index contributed by atoms with van der Waals surface area (Å²) in [6.07, 6.45) is 4.04. The number of amides is 1. The number of hydrogen-bond donors (Lipinski definition) is 2. The number of carbonyl (C=O) groups excluding carboxylic acids is 1. The van der Waals surface area contributed by atoms with Crippen molar-refractivity contribution < 1.29 is 4.79 Å². The van der Waals surface area contributed by atoms with E-state index in [1.807, 2.05) is 43.3 Å². The molecule has 2 atom stereocenters. The van der Waals surface area contributed by atoms with Crippen molar-refractivity contribution in [2.45, 2.75) is 38.1 Å². The Morgan fingerprint density at radius 3 is 2.42 bits per heavy atom. The fourth-order valence-corrected chi connectivity index (χ4v) is 3.15. The van der Waals surface area contributed by atoms with Gasteiger partial charge in [0, 0.05) is 23.2 Å². The Balaban J connectivity index is 1.32. The summed E-state index contributed by atoms with van der Waals surface area (Å²) < 4.78 is 0. The van der Waals surface area contributed by atoms with Crippen LogP contribution in [0, 0.1) is 12.8 Å². The zero-order valence-corrected chi connectivity index (χ0v) is 14.1. The lowest BCUT2D eigenvalue weighted by Crippen LogP contribution is -2.20. The number of anilines is 1. The van der Waals surface area contributed by atoms with Gasteiger partial charge in [0.1, 0.15) is 0 Å². The molecule has 0 saturated heterocycles. The molecule has 0 aromatic heterocycles. The van der Waals surface area contributed by atoms with Crippen LogP contribution in [0.5, 0.6) is 0 Å². The second-order valence-electron chi connectivity index (χ2n) is 7.24. The minimum absolute atomic E-state index is 0.0573. The van der Waals surface area contributed by atoms with Crippen LogP contribution in [0.4, 0.5) is 5.69 Å². The summed E-state index contributed by atoms with van der Waals surface area (Å²) in [5.41, 5.74) is 4.07. The van der Waals surface area contributed by atoms with Crippen LogP contribution in [0.15, 0.2) is 48.5 Å². The average Bonchev–Trinajstić information content (AvgIpc) is 3.49. The van der Waals surface area contributed by atoms with Crippen LogP contribution in [-0.4, -0.2) is 18.5 Å². The second-order valence-corrected chi connectivity index (χ2v) is 7.24. The third kappa shape index (κ3) is 3.68. The summed E-state index contributed by atoms with van der Waals surface area (Å²) >= 11 is 0. The van der Waals surface area contributed by atoms with Crippen molar-refractivity contribution in [1.82, 2.24) is 5.32 Å². The highest BCUT2D eigenvalue weighted by Gasteiger charge is 2.38. The molecule has 3 heteroatoms. The van der Waals surface area contributed by atoms with Crippen molar-refractivity contribution >= 4 is 11.6 Å². The lowest BCUT2D eigenvalue weighted by Gasteiger charge is -2.07. The van der Waals surface area contributed by atoms with E-state index >= 15 is 0 Å². The van der Waals surface area contributed by atoms with E-state index in [-0.39, 0.29) is 5.91 Å². The maximum absolute atomic E-state index is 12.2. The molecule has 2 aromatic carbocycles. The van der Waals surface area contributed by atoms with E-state index in [4.69, 9.17) is 0 Å². The summed E-state index contributed by atoms with van der Waals surface area (Å²) in [5.74, 6) is 1.52. The third-order valence-electron chi connectivity index (χ3n) is 5.07. The predicted molar refractivity (Wildman–Crippen MR) is 97.4 cm³/mol. The molecule has 0 spiro atoms. The largest absolute Gasteiger partial charge is 0.322 e. The first-order valence-electron chi connectivity index (χ1n) is 8.90. The van der Waals surface area contributed by atoms with Crippen LogP contribution in [-0.2, 0) is 0 Å². The van der Waals surface area contributed by atoms with Gasteiger partial charge in [0.05, 0.1) is 0 Å². The highest BCUT2D eigenvalue weighted by molar-refractivity contribution is 6.04. The molecule has 2 saturated carbocycles. The SMILES string of the molecule is Cc1ccc(C(=O)Nc2ccc([C@@H]3C[C@H]3NCC3CC3)cc2)cc1. The van der Waals surface area contributed by atoms with Gasteiger partial charge in [-0.3, -0.25) is 4.79 Å². The number of hydrogen-bond acceptors (Lipinski definition) is 2. The molecule has 0 aliphatic heterocycles. The fraction of sp³-hybridized carbons (Fsp3) is 0.381. The standard InChI is InChI=1S/C21H24N2O/c1-14-2-6-17(7-3-14)21(24)23-18-10-8-16(9-11-18)19-12-20(19)22-13-15-4-5-15/h2-3,6-11,15,19-20,22H,4-5,12-13H2,1H3,(H,23,24)/t19-,20+/m0/s1. The molecule has 2 aromatic rings. The Morgan fingerprint density at radius 2 is 1.75 bits per heavy atom. The molecular formula is C21H24N2O. The number of carbonyl (C=O) groups is 1. The van der Waals surface area contributed by atoms with Gasteiger partial charge in [0.25, 0.3) is 5.91 Å². The van der Waals surface area contributed by atoms with E-state index in [0.29, 0.717) is 17.5 Å². The first-order chi connectivity index (χ1) is 11.7. The summed E-state index contributed by atoms with van der Waals surface area (Å²) in [4.78, 5) is 12.2. The molecule has 3 nitrogen and oxygen atoms in total. The van der Waals surface area contributed by atoms with Gasteiger partial charge in [0.2, 0.25) is 0 Å². The van der Waals surface area contributed by atoms with Crippen molar-refractivity contribution in [2.75, 3.05) is 11.9 Å². The van der Waals surface area contributed by atoms with Crippen LogP contribution < -0.4 is 10.6 Å². The zero-order valence-electron chi connectivity index (χ0n) is 14.1. The number of benzene rings is 2. The Kier molecular flexibility index (Phi) is 4.11. The van der Waals surface area contributed by atoms with Gasteiger partial charge < -0.3 is 10.6 Å². The third-order valence-corrected chi connectivity index (χ3v) is 5.07. The summed E-state index contributed by atoms with van der Waals surface area (Å²) in [5, 5.41) is 6.64. The molecule has 2 aliphatic carbocycles. The smallest absolute Gasteiger partial charge is 0.255 e. The van der Waals surface area contributed by atoms with E-state index in [0.717, 1.165) is 17.2 Å². The minimum atomic E-state index is -0.0573. The van der Waals surface area contributed by atoms with Gasteiger partial charge in [-0.1, -0.05) is 29.8 Å². The Bertz CT molecular complexity index is 717. The summed E-state index contributed by atoms with van der Waals surface area (Å²) in [6, 6.07) is 16.6. The average molecular weight is 320 g/mol. The van der Waals surface area contributed by atoms with Crippen molar-refractivity contribution in [3.8, 4) is 0 Å².